The molecule has 0 fully saturated rings. The number of nitrogens with zero attached hydrogens (tertiary/aromatic N) is 1. The predicted molar refractivity (Wildman–Crippen MR) is 97.4 cm³/mol. The molecular weight excluding hydrogens is 310 g/mol. The minimum absolute atomic E-state index is 0.604. The first-order valence-corrected chi connectivity index (χ1v) is 11.2. The summed E-state index contributed by atoms with van der Waals surface area (Å²) in [6.07, 6.45) is 17.6. The van der Waals surface area contributed by atoms with Crippen LogP contribution in [0.3, 0.4) is 0 Å². The fourth-order valence-corrected chi connectivity index (χ4v) is 3.07. The zero-order valence-electron chi connectivity index (χ0n) is 15.5. The summed E-state index contributed by atoms with van der Waals surface area (Å²) >= 11 is 0. The largest absolute Gasteiger partial charge is 0.748 e. The molecule has 1 heterocycles. The van der Waals surface area contributed by atoms with Gasteiger partial charge in [0.25, 0.3) is 0 Å². The van der Waals surface area contributed by atoms with Crippen LogP contribution in [0.15, 0.2) is 0 Å². The minimum Gasteiger partial charge on any atom is -0.748 e. The highest BCUT2D eigenvalue weighted by Crippen LogP contribution is 2.11. The van der Waals surface area contributed by atoms with Gasteiger partial charge in [0.1, 0.15) is 13.1 Å². The first kappa shape index (κ1) is 22.6. The third-order valence-corrected chi connectivity index (χ3v) is 4.28. The van der Waals surface area contributed by atoms with Crippen molar-refractivity contribution >= 4 is 15.8 Å². The van der Waals surface area contributed by atoms with Gasteiger partial charge in [-0.1, -0.05) is 58.8 Å². The Morgan fingerprint density at radius 2 is 1.43 bits per heavy atom. The molecule has 0 unspecified atom stereocenters. The maximum atomic E-state index is 9.08. The highest BCUT2D eigenvalue weighted by atomic mass is 32.2. The Hall–Kier alpha value is -0.420. The highest BCUT2D eigenvalue weighted by molar-refractivity contribution is 7.84. The van der Waals surface area contributed by atoms with E-state index in [4.69, 9.17) is 13.0 Å². The third kappa shape index (κ3) is 16.2. The number of unbranched alkanes of at least 4 members (excludes halogenated alkanes) is 8. The second-order valence-electron chi connectivity index (χ2n) is 6.54. The Morgan fingerprint density at radius 3 is 1.91 bits per heavy atom. The Morgan fingerprint density at radius 1 is 0.957 bits per heavy atom. The van der Waals surface area contributed by atoms with Gasteiger partial charge >= 0.3 is 0 Å². The average Bonchev–Trinajstić information content (AvgIpc) is 2.91. The van der Waals surface area contributed by atoms with Crippen LogP contribution in [0.2, 0.25) is 0 Å². The standard InChI is InChI=1S/C17H34N.CH4O3S/c1-3-5-6-7-8-9-10-11-12-15-18-16-13-14-17(18)4-2;1-5(2,3)4/h3-16H2,1-2H3;1H3,(H,2,3,4)/q+1;/p-1. The number of hydrogen-bond acceptors (Lipinski definition) is 3. The van der Waals surface area contributed by atoms with Gasteiger partial charge in [0, 0.05) is 31.9 Å². The summed E-state index contributed by atoms with van der Waals surface area (Å²) in [6, 6.07) is 0. The molecule has 0 bridgehead atoms. The maximum absolute atomic E-state index is 9.08. The van der Waals surface area contributed by atoms with E-state index < -0.39 is 10.1 Å². The van der Waals surface area contributed by atoms with E-state index in [1.807, 2.05) is 0 Å². The second-order valence-corrected chi connectivity index (χ2v) is 7.95. The molecule has 4 nitrogen and oxygen atoms in total. The second kappa shape index (κ2) is 14.0. The fourth-order valence-electron chi connectivity index (χ4n) is 3.07. The normalized spacial score (nSPS) is 14.8. The van der Waals surface area contributed by atoms with Crippen LogP contribution in [-0.2, 0) is 10.1 Å². The van der Waals surface area contributed by atoms with Gasteiger partial charge < -0.3 is 4.55 Å². The van der Waals surface area contributed by atoms with Crippen LogP contribution in [0.1, 0.15) is 90.9 Å². The maximum Gasteiger partial charge on any atom is 0.152 e. The molecule has 0 saturated carbocycles. The Kier molecular flexibility index (Phi) is 13.7. The van der Waals surface area contributed by atoms with E-state index in [2.05, 4.69) is 18.4 Å². The van der Waals surface area contributed by atoms with Gasteiger partial charge in [0.15, 0.2) is 5.71 Å². The van der Waals surface area contributed by atoms with Crippen molar-refractivity contribution in [2.24, 2.45) is 0 Å². The zero-order valence-corrected chi connectivity index (χ0v) is 16.3. The first-order chi connectivity index (χ1) is 10.9. The molecule has 0 amide bonds. The van der Waals surface area contributed by atoms with Crippen LogP contribution in [0.25, 0.3) is 0 Å². The van der Waals surface area contributed by atoms with Gasteiger partial charge in [-0.3, -0.25) is 0 Å². The SMILES string of the molecule is CCCCCCCCCCC[N+]1=C(CC)CCC1.CS(=O)(=O)[O-]. The van der Waals surface area contributed by atoms with E-state index in [0.717, 1.165) is 0 Å². The summed E-state index contributed by atoms with van der Waals surface area (Å²) in [7, 11) is -3.92. The van der Waals surface area contributed by atoms with Crippen LogP contribution in [-0.4, -0.2) is 42.6 Å². The van der Waals surface area contributed by atoms with Crippen molar-refractivity contribution < 1.29 is 17.5 Å². The fraction of sp³-hybridized carbons (Fsp3) is 0.944. The van der Waals surface area contributed by atoms with E-state index in [1.54, 1.807) is 5.71 Å². The molecule has 0 radical (unpaired) electrons. The van der Waals surface area contributed by atoms with E-state index in [0.29, 0.717) is 6.26 Å². The molecule has 0 aromatic rings. The number of rotatable bonds is 11. The van der Waals surface area contributed by atoms with E-state index in [1.165, 1.54) is 90.1 Å². The van der Waals surface area contributed by atoms with E-state index in [9.17, 15) is 0 Å². The summed E-state index contributed by atoms with van der Waals surface area (Å²) in [5.41, 5.74) is 1.72. The molecule has 0 atom stereocenters. The molecule has 0 saturated heterocycles. The van der Waals surface area contributed by atoms with Crippen LogP contribution in [0.5, 0.6) is 0 Å². The Labute approximate surface area is 144 Å². The summed E-state index contributed by atoms with van der Waals surface area (Å²) in [5, 5.41) is 0. The highest BCUT2D eigenvalue weighted by Gasteiger charge is 2.19. The van der Waals surface area contributed by atoms with Gasteiger partial charge in [-0.05, 0) is 6.42 Å². The van der Waals surface area contributed by atoms with Crippen molar-refractivity contribution in [1.82, 2.24) is 0 Å². The molecule has 0 N–H and O–H groups in total. The summed E-state index contributed by atoms with van der Waals surface area (Å²) < 4.78 is 29.9. The van der Waals surface area contributed by atoms with Gasteiger partial charge in [0.2, 0.25) is 0 Å². The van der Waals surface area contributed by atoms with E-state index >= 15 is 0 Å². The minimum atomic E-state index is -3.92. The molecule has 0 spiro atoms. The molecule has 1 rings (SSSR count). The summed E-state index contributed by atoms with van der Waals surface area (Å²) in [4.78, 5) is 0. The van der Waals surface area contributed by atoms with Crippen LogP contribution < -0.4 is 0 Å². The zero-order chi connectivity index (χ0) is 17.6. The van der Waals surface area contributed by atoms with Crippen molar-refractivity contribution in [2.75, 3.05) is 19.3 Å². The summed E-state index contributed by atoms with van der Waals surface area (Å²) in [6.45, 7) is 7.27. The predicted octanol–water partition coefficient (Wildman–Crippen LogP) is 4.34. The smallest absolute Gasteiger partial charge is 0.152 e. The monoisotopic (exact) mass is 347 g/mol. The van der Waals surface area contributed by atoms with Crippen molar-refractivity contribution in [3.63, 3.8) is 0 Å². The third-order valence-electron chi connectivity index (χ3n) is 4.28. The first-order valence-electron chi connectivity index (χ1n) is 9.39. The molecule has 138 valence electrons. The molecule has 0 aromatic heterocycles. The van der Waals surface area contributed by atoms with Crippen molar-refractivity contribution in [2.45, 2.75) is 90.9 Å². The lowest BCUT2D eigenvalue weighted by Crippen LogP contribution is -2.16. The quantitative estimate of drug-likeness (QED) is 0.317. The van der Waals surface area contributed by atoms with E-state index in [-0.39, 0.29) is 0 Å². The summed E-state index contributed by atoms with van der Waals surface area (Å²) in [5.74, 6) is 0. The molecule has 0 aliphatic carbocycles. The van der Waals surface area contributed by atoms with Crippen LogP contribution >= 0.6 is 0 Å². The molecular formula is C18H37NO3S. The Bertz CT molecular complexity index is 408. The van der Waals surface area contributed by atoms with Gasteiger partial charge in [0.05, 0.1) is 10.1 Å². The molecule has 1 aliphatic heterocycles. The lowest BCUT2D eigenvalue weighted by Gasteiger charge is -2.03. The van der Waals surface area contributed by atoms with Gasteiger partial charge in [-0.25, -0.2) is 13.0 Å². The van der Waals surface area contributed by atoms with Gasteiger partial charge in [-0.15, -0.1) is 0 Å². The average molecular weight is 348 g/mol. The van der Waals surface area contributed by atoms with Gasteiger partial charge in [-0.2, -0.15) is 0 Å². The van der Waals surface area contributed by atoms with Crippen molar-refractivity contribution in [3.8, 4) is 0 Å². The lowest BCUT2D eigenvalue weighted by molar-refractivity contribution is -0.521. The lowest BCUT2D eigenvalue weighted by atomic mass is 10.1. The van der Waals surface area contributed by atoms with Crippen molar-refractivity contribution in [3.05, 3.63) is 0 Å². The molecule has 1 aliphatic rings. The van der Waals surface area contributed by atoms with Crippen molar-refractivity contribution in [1.29, 1.82) is 0 Å². The molecule has 0 aromatic carbocycles. The van der Waals surface area contributed by atoms with Crippen LogP contribution in [0.4, 0.5) is 0 Å². The number of hydrogen-bond donors (Lipinski definition) is 0. The molecule has 23 heavy (non-hydrogen) atoms. The molecule has 5 heteroatoms. The van der Waals surface area contributed by atoms with Crippen LogP contribution in [0, 0.1) is 0 Å². The topological polar surface area (TPSA) is 60.2 Å². The Balaban J connectivity index is 0.000000841.